The number of carbonyl (C=O) groups excluding carboxylic acids is 1. The van der Waals surface area contributed by atoms with Crippen LogP contribution in [-0.2, 0) is 0 Å². The summed E-state index contributed by atoms with van der Waals surface area (Å²) in [5, 5.41) is 6.93. The van der Waals surface area contributed by atoms with Gasteiger partial charge in [0.2, 0.25) is 0 Å². The van der Waals surface area contributed by atoms with Crippen LogP contribution in [0.2, 0.25) is 0 Å². The van der Waals surface area contributed by atoms with E-state index in [0.29, 0.717) is 11.5 Å². The maximum atomic E-state index is 12.5. The third kappa shape index (κ3) is 5.02. The standard InChI is InChI=1S/C24H30N6O3/c1-29(2)18-7-5-16(6-8-18)27-24(31)28-17-9-11-30(12-10-17)23-19-13-21(32-3)22(33-4)14-20(19)25-15-26-23/h5-8,13-15,17H,9-12H2,1-4H3,(H2,27,28,31). The molecule has 3 aromatic rings. The summed E-state index contributed by atoms with van der Waals surface area (Å²) in [5.74, 6) is 2.15. The van der Waals surface area contributed by atoms with Crippen molar-refractivity contribution in [1.82, 2.24) is 15.3 Å². The Hall–Kier alpha value is -3.75. The summed E-state index contributed by atoms with van der Waals surface area (Å²) in [7, 11) is 7.20. The minimum absolute atomic E-state index is 0.102. The Labute approximate surface area is 193 Å². The first-order valence-electron chi connectivity index (χ1n) is 10.9. The Kier molecular flexibility index (Phi) is 6.67. The maximum absolute atomic E-state index is 12.5. The van der Waals surface area contributed by atoms with Crippen molar-refractivity contribution >= 4 is 34.1 Å². The van der Waals surface area contributed by atoms with Crippen molar-refractivity contribution in [1.29, 1.82) is 0 Å². The molecule has 2 amide bonds. The summed E-state index contributed by atoms with van der Waals surface area (Å²) in [5.41, 5.74) is 2.66. The lowest BCUT2D eigenvalue weighted by Crippen LogP contribution is -2.46. The number of hydrogen-bond acceptors (Lipinski definition) is 7. The fourth-order valence-corrected chi connectivity index (χ4v) is 4.05. The van der Waals surface area contributed by atoms with E-state index in [1.165, 1.54) is 0 Å². The molecule has 9 nitrogen and oxygen atoms in total. The van der Waals surface area contributed by atoms with Crippen LogP contribution in [0.3, 0.4) is 0 Å². The summed E-state index contributed by atoms with van der Waals surface area (Å²) in [6.07, 6.45) is 3.22. The van der Waals surface area contributed by atoms with Crippen LogP contribution in [-0.4, -0.2) is 63.4 Å². The Morgan fingerprint density at radius 1 is 1.03 bits per heavy atom. The zero-order valence-electron chi connectivity index (χ0n) is 19.5. The molecular weight excluding hydrogens is 420 g/mol. The highest BCUT2D eigenvalue weighted by Crippen LogP contribution is 2.35. The van der Waals surface area contributed by atoms with E-state index in [2.05, 4.69) is 25.5 Å². The van der Waals surface area contributed by atoms with Gasteiger partial charge in [0.25, 0.3) is 0 Å². The molecule has 0 spiro atoms. The monoisotopic (exact) mass is 450 g/mol. The lowest BCUT2D eigenvalue weighted by atomic mass is 10.0. The van der Waals surface area contributed by atoms with Crippen molar-refractivity contribution in [2.75, 3.05) is 56.5 Å². The number of urea groups is 1. The second-order valence-corrected chi connectivity index (χ2v) is 8.22. The van der Waals surface area contributed by atoms with E-state index in [-0.39, 0.29) is 12.1 Å². The molecule has 9 heteroatoms. The molecule has 0 saturated carbocycles. The van der Waals surface area contributed by atoms with Crippen LogP contribution in [0, 0.1) is 0 Å². The number of fused-ring (bicyclic) bond motifs is 1. The van der Waals surface area contributed by atoms with Crippen molar-refractivity contribution in [3.8, 4) is 11.5 Å². The van der Waals surface area contributed by atoms with Crippen LogP contribution in [0.15, 0.2) is 42.7 Å². The molecule has 2 aromatic carbocycles. The molecule has 1 fully saturated rings. The first-order valence-corrected chi connectivity index (χ1v) is 10.9. The number of piperidine rings is 1. The molecule has 0 radical (unpaired) electrons. The molecule has 0 aliphatic carbocycles. The maximum Gasteiger partial charge on any atom is 0.319 e. The van der Waals surface area contributed by atoms with Crippen LogP contribution in [0.5, 0.6) is 11.5 Å². The second kappa shape index (κ2) is 9.81. The normalized spacial score (nSPS) is 14.1. The van der Waals surface area contributed by atoms with E-state index in [1.807, 2.05) is 55.4 Å². The number of benzene rings is 2. The minimum atomic E-state index is -0.185. The third-order valence-electron chi connectivity index (χ3n) is 5.89. The van der Waals surface area contributed by atoms with Crippen molar-refractivity contribution in [3.63, 3.8) is 0 Å². The van der Waals surface area contributed by atoms with Crippen molar-refractivity contribution in [2.45, 2.75) is 18.9 Å². The summed E-state index contributed by atoms with van der Waals surface area (Å²) in [4.78, 5) is 25.6. The van der Waals surface area contributed by atoms with E-state index in [1.54, 1.807) is 20.5 Å². The zero-order chi connectivity index (χ0) is 23.4. The lowest BCUT2D eigenvalue weighted by Gasteiger charge is -2.33. The van der Waals surface area contributed by atoms with Crippen LogP contribution >= 0.6 is 0 Å². The van der Waals surface area contributed by atoms with Crippen LogP contribution in [0.25, 0.3) is 10.9 Å². The number of anilines is 3. The molecule has 1 aliphatic rings. The minimum Gasteiger partial charge on any atom is -0.493 e. The molecule has 0 atom stereocenters. The number of aromatic nitrogens is 2. The van der Waals surface area contributed by atoms with Gasteiger partial charge in [0.15, 0.2) is 11.5 Å². The van der Waals surface area contributed by atoms with Gasteiger partial charge in [0.05, 0.1) is 19.7 Å². The summed E-state index contributed by atoms with van der Waals surface area (Å²) in [6.45, 7) is 1.56. The molecule has 2 N–H and O–H groups in total. The number of carbonyl (C=O) groups is 1. The molecule has 33 heavy (non-hydrogen) atoms. The van der Waals surface area contributed by atoms with Gasteiger partial charge < -0.3 is 29.9 Å². The number of nitrogens with one attached hydrogen (secondary N) is 2. The number of hydrogen-bond donors (Lipinski definition) is 2. The molecule has 174 valence electrons. The van der Waals surface area contributed by atoms with Gasteiger partial charge in [0, 0.05) is 56.1 Å². The Morgan fingerprint density at radius 3 is 2.33 bits per heavy atom. The Bertz CT molecular complexity index is 1110. The fourth-order valence-electron chi connectivity index (χ4n) is 4.05. The van der Waals surface area contributed by atoms with Gasteiger partial charge >= 0.3 is 6.03 Å². The van der Waals surface area contributed by atoms with E-state index in [9.17, 15) is 4.79 Å². The van der Waals surface area contributed by atoms with Gasteiger partial charge in [-0.2, -0.15) is 0 Å². The second-order valence-electron chi connectivity index (χ2n) is 8.22. The smallest absolute Gasteiger partial charge is 0.319 e. The summed E-state index contributed by atoms with van der Waals surface area (Å²) < 4.78 is 10.9. The lowest BCUT2D eigenvalue weighted by molar-refractivity contribution is 0.246. The van der Waals surface area contributed by atoms with Gasteiger partial charge in [-0.3, -0.25) is 0 Å². The summed E-state index contributed by atoms with van der Waals surface area (Å²) in [6, 6.07) is 11.5. The average molecular weight is 451 g/mol. The average Bonchev–Trinajstić information content (AvgIpc) is 2.83. The third-order valence-corrected chi connectivity index (χ3v) is 5.89. The van der Waals surface area contributed by atoms with Gasteiger partial charge in [0.1, 0.15) is 12.1 Å². The molecule has 1 saturated heterocycles. The van der Waals surface area contributed by atoms with Crippen LogP contribution < -0.4 is 29.9 Å². The predicted molar refractivity (Wildman–Crippen MR) is 131 cm³/mol. The first kappa shape index (κ1) is 22.4. The predicted octanol–water partition coefficient (Wildman–Crippen LogP) is 3.50. The number of amides is 2. The molecular formula is C24H30N6O3. The van der Waals surface area contributed by atoms with Crippen molar-refractivity contribution < 1.29 is 14.3 Å². The van der Waals surface area contributed by atoms with Gasteiger partial charge in [-0.15, -0.1) is 0 Å². The van der Waals surface area contributed by atoms with E-state index >= 15 is 0 Å². The van der Waals surface area contributed by atoms with Gasteiger partial charge in [-0.1, -0.05) is 0 Å². The Morgan fingerprint density at radius 2 is 1.70 bits per heavy atom. The molecule has 1 aliphatic heterocycles. The van der Waals surface area contributed by atoms with E-state index < -0.39 is 0 Å². The van der Waals surface area contributed by atoms with Crippen molar-refractivity contribution in [2.24, 2.45) is 0 Å². The van der Waals surface area contributed by atoms with Gasteiger partial charge in [-0.05, 0) is 43.2 Å². The number of nitrogens with zero attached hydrogens (tertiary/aromatic N) is 4. The first-order chi connectivity index (χ1) is 16.0. The molecule has 0 bridgehead atoms. The molecule has 2 heterocycles. The number of ether oxygens (including phenoxy) is 2. The largest absolute Gasteiger partial charge is 0.493 e. The molecule has 4 rings (SSSR count). The van der Waals surface area contributed by atoms with Gasteiger partial charge in [-0.25, -0.2) is 14.8 Å². The number of methoxy groups -OCH3 is 2. The SMILES string of the molecule is COc1cc2ncnc(N3CCC(NC(=O)Nc4ccc(N(C)C)cc4)CC3)c2cc1OC. The topological polar surface area (TPSA) is 91.9 Å². The zero-order valence-corrected chi connectivity index (χ0v) is 19.5. The Balaban J connectivity index is 1.37. The molecule has 0 unspecified atom stereocenters. The van der Waals surface area contributed by atoms with Crippen LogP contribution in [0.1, 0.15) is 12.8 Å². The fraction of sp³-hybridized carbons (Fsp3) is 0.375. The molecule has 1 aromatic heterocycles. The highest BCUT2D eigenvalue weighted by Gasteiger charge is 2.23. The van der Waals surface area contributed by atoms with E-state index in [0.717, 1.165) is 54.0 Å². The number of rotatable bonds is 6. The quantitative estimate of drug-likeness (QED) is 0.594. The highest BCUT2D eigenvalue weighted by atomic mass is 16.5. The van der Waals surface area contributed by atoms with Crippen LogP contribution in [0.4, 0.5) is 22.0 Å². The highest BCUT2D eigenvalue weighted by molar-refractivity contribution is 5.92. The van der Waals surface area contributed by atoms with Crippen molar-refractivity contribution in [3.05, 3.63) is 42.7 Å². The van der Waals surface area contributed by atoms with E-state index in [4.69, 9.17) is 9.47 Å². The summed E-state index contributed by atoms with van der Waals surface area (Å²) >= 11 is 0.